The zero-order valence-corrected chi connectivity index (χ0v) is 17.0. The number of rotatable bonds is 7. The van der Waals surface area contributed by atoms with Crippen LogP contribution < -0.4 is 4.74 Å². The maximum absolute atomic E-state index is 12.6. The summed E-state index contributed by atoms with van der Waals surface area (Å²) in [6.45, 7) is 6.77. The van der Waals surface area contributed by atoms with Crippen molar-refractivity contribution in [1.82, 2.24) is 19.6 Å². The Hall–Kier alpha value is -2.38. The first-order chi connectivity index (χ1) is 14.3. The molecule has 7 heteroatoms. The average Bonchev–Trinajstić information content (AvgIpc) is 3.28. The highest BCUT2D eigenvalue weighted by Gasteiger charge is 2.20. The van der Waals surface area contributed by atoms with Gasteiger partial charge in [-0.2, -0.15) is 5.10 Å². The van der Waals surface area contributed by atoms with Crippen LogP contribution >= 0.6 is 0 Å². The Balaban J connectivity index is 1.26. The van der Waals surface area contributed by atoms with Gasteiger partial charge < -0.3 is 19.3 Å². The molecule has 4 rings (SSSR count). The third-order valence-corrected chi connectivity index (χ3v) is 5.57. The number of amides is 1. The van der Waals surface area contributed by atoms with Gasteiger partial charge in [0.1, 0.15) is 5.75 Å². The molecule has 2 aliphatic rings. The summed E-state index contributed by atoms with van der Waals surface area (Å²) in [4.78, 5) is 16.9. The second-order valence-corrected chi connectivity index (χ2v) is 7.68. The van der Waals surface area contributed by atoms with Gasteiger partial charge in [-0.1, -0.05) is 6.42 Å². The van der Waals surface area contributed by atoms with Crippen LogP contribution in [0, 0.1) is 0 Å². The van der Waals surface area contributed by atoms with Gasteiger partial charge in [-0.3, -0.25) is 4.79 Å². The molecule has 0 radical (unpaired) electrons. The lowest BCUT2D eigenvalue weighted by atomic mass is 10.1. The SMILES string of the molecule is O=C(c1cnn(-c2ccc(OCCCN3CCCCC3)cc2)c1)N1CCOCC1. The van der Waals surface area contributed by atoms with Crippen LogP contribution in [-0.2, 0) is 4.74 Å². The fourth-order valence-electron chi connectivity index (χ4n) is 3.88. The van der Waals surface area contributed by atoms with E-state index < -0.39 is 0 Å². The van der Waals surface area contributed by atoms with E-state index in [2.05, 4.69) is 10.00 Å². The van der Waals surface area contributed by atoms with E-state index in [9.17, 15) is 4.79 Å². The van der Waals surface area contributed by atoms with Crippen molar-refractivity contribution in [3.05, 3.63) is 42.2 Å². The number of ether oxygens (including phenoxy) is 2. The molecule has 2 aromatic rings. The highest BCUT2D eigenvalue weighted by atomic mass is 16.5. The number of aromatic nitrogens is 2. The highest BCUT2D eigenvalue weighted by Crippen LogP contribution is 2.17. The van der Waals surface area contributed by atoms with Gasteiger partial charge in [-0.15, -0.1) is 0 Å². The van der Waals surface area contributed by atoms with E-state index in [4.69, 9.17) is 9.47 Å². The molecule has 0 spiro atoms. The lowest BCUT2D eigenvalue weighted by Gasteiger charge is -2.26. The lowest BCUT2D eigenvalue weighted by molar-refractivity contribution is 0.0303. The van der Waals surface area contributed by atoms with Crippen LogP contribution in [-0.4, -0.2) is 78.0 Å². The van der Waals surface area contributed by atoms with Crippen LogP contribution in [0.3, 0.4) is 0 Å². The van der Waals surface area contributed by atoms with Gasteiger partial charge in [-0.05, 0) is 56.6 Å². The van der Waals surface area contributed by atoms with Crippen molar-refractivity contribution in [2.24, 2.45) is 0 Å². The van der Waals surface area contributed by atoms with E-state index in [1.54, 1.807) is 17.1 Å². The predicted octanol–water partition coefficient (Wildman–Crippen LogP) is 2.60. The molecule has 2 aliphatic heterocycles. The summed E-state index contributed by atoms with van der Waals surface area (Å²) in [5.74, 6) is 0.873. The Morgan fingerprint density at radius 2 is 1.79 bits per heavy atom. The second-order valence-electron chi connectivity index (χ2n) is 7.68. The Morgan fingerprint density at radius 3 is 2.55 bits per heavy atom. The Morgan fingerprint density at radius 1 is 1.03 bits per heavy atom. The summed E-state index contributed by atoms with van der Waals surface area (Å²) < 4.78 is 12.9. The Kier molecular flexibility index (Phi) is 6.79. The molecule has 0 N–H and O–H groups in total. The second kappa shape index (κ2) is 9.89. The van der Waals surface area contributed by atoms with Crippen LogP contribution in [0.2, 0.25) is 0 Å². The Labute approximate surface area is 172 Å². The summed E-state index contributed by atoms with van der Waals surface area (Å²) in [6.07, 6.45) is 8.49. The molecule has 1 aromatic carbocycles. The molecule has 1 amide bonds. The fraction of sp³-hybridized carbons (Fsp3) is 0.545. The number of hydrogen-bond donors (Lipinski definition) is 0. The van der Waals surface area contributed by atoms with Crippen LogP contribution in [0.25, 0.3) is 5.69 Å². The molecule has 2 fully saturated rings. The summed E-state index contributed by atoms with van der Waals surface area (Å²) in [7, 11) is 0. The summed E-state index contributed by atoms with van der Waals surface area (Å²) in [6, 6.07) is 7.86. The van der Waals surface area contributed by atoms with E-state index in [1.807, 2.05) is 29.2 Å². The smallest absolute Gasteiger partial charge is 0.257 e. The number of carbonyl (C=O) groups excluding carboxylic acids is 1. The van der Waals surface area contributed by atoms with Crippen molar-refractivity contribution in [1.29, 1.82) is 0 Å². The third-order valence-electron chi connectivity index (χ3n) is 5.57. The zero-order valence-electron chi connectivity index (χ0n) is 17.0. The van der Waals surface area contributed by atoms with E-state index in [-0.39, 0.29) is 5.91 Å². The van der Waals surface area contributed by atoms with E-state index in [0.717, 1.165) is 31.0 Å². The van der Waals surface area contributed by atoms with E-state index in [1.165, 1.54) is 32.4 Å². The molecule has 156 valence electrons. The number of morpholine rings is 1. The minimum absolute atomic E-state index is 0.00760. The number of benzene rings is 1. The third kappa shape index (κ3) is 5.36. The summed E-state index contributed by atoms with van der Waals surface area (Å²) in [5, 5.41) is 4.35. The van der Waals surface area contributed by atoms with Crippen LogP contribution in [0.15, 0.2) is 36.7 Å². The molecule has 7 nitrogen and oxygen atoms in total. The number of piperidine rings is 1. The first-order valence-electron chi connectivity index (χ1n) is 10.7. The minimum Gasteiger partial charge on any atom is -0.494 e. The van der Waals surface area contributed by atoms with Gasteiger partial charge in [0, 0.05) is 25.8 Å². The monoisotopic (exact) mass is 398 g/mol. The lowest BCUT2D eigenvalue weighted by Crippen LogP contribution is -2.40. The van der Waals surface area contributed by atoms with Gasteiger partial charge in [-0.25, -0.2) is 4.68 Å². The van der Waals surface area contributed by atoms with Crippen molar-refractivity contribution in [3.63, 3.8) is 0 Å². The average molecular weight is 399 g/mol. The van der Waals surface area contributed by atoms with Crippen molar-refractivity contribution in [2.45, 2.75) is 25.7 Å². The summed E-state index contributed by atoms with van der Waals surface area (Å²) in [5.41, 5.74) is 1.51. The first-order valence-corrected chi connectivity index (χ1v) is 10.7. The van der Waals surface area contributed by atoms with Crippen LogP contribution in [0.4, 0.5) is 0 Å². The molecular formula is C22H30N4O3. The molecule has 1 aromatic heterocycles. The number of nitrogens with zero attached hydrogens (tertiary/aromatic N) is 4. The zero-order chi connectivity index (χ0) is 19.9. The van der Waals surface area contributed by atoms with Gasteiger partial charge in [0.15, 0.2) is 0 Å². The topological polar surface area (TPSA) is 59.8 Å². The van der Waals surface area contributed by atoms with Gasteiger partial charge in [0.05, 0.1) is 37.3 Å². The van der Waals surface area contributed by atoms with E-state index in [0.29, 0.717) is 31.9 Å². The standard InChI is InChI=1S/C22H30N4O3/c27-22(25-12-15-28-16-13-25)19-17-23-26(18-19)20-5-7-21(8-6-20)29-14-4-11-24-9-2-1-3-10-24/h5-8,17-18H,1-4,9-16H2. The first kappa shape index (κ1) is 19.9. The highest BCUT2D eigenvalue weighted by molar-refractivity contribution is 5.93. The van der Waals surface area contributed by atoms with Crippen molar-refractivity contribution in [3.8, 4) is 11.4 Å². The Bertz CT molecular complexity index is 778. The van der Waals surface area contributed by atoms with Crippen molar-refractivity contribution < 1.29 is 14.3 Å². The molecule has 29 heavy (non-hydrogen) atoms. The number of carbonyl (C=O) groups is 1. The van der Waals surface area contributed by atoms with Crippen molar-refractivity contribution >= 4 is 5.91 Å². The van der Waals surface area contributed by atoms with Gasteiger partial charge in [0.25, 0.3) is 5.91 Å². The van der Waals surface area contributed by atoms with E-state index >= 15 is 0 Å². The van der Waals surface area contributed by atoms with Crippen LogP contribution in [0.1, 0.15) is 36.0 Å². The van der Waals surface area contributed by atoms with Crippen LogP contribution in [0.5, 0.6) is 5.75 Å². The molecule has 2 saturated heterocycles. The number of likely N-dealkylation sites (tertiary alicyclic amines) is 1. The molecule has 0 unspecified atom stereocenters. The molecule has 0 aliphatic carbocycles. The van der Waals surface area contributed by atoms with Gasteiger partial charge in [0.2, 0.25) is 0 Å². The number of hydrogen-bond acceptors (Lipinski definition) is 5. The minimum atomic E-state index is 0.00760. The molecular weight excluding hydrogens is 368 g/mol. The molecule has 0 bridgehead atoms. The van der Waals surface area contributed by atoms with Gasteiger partial charge >= 0.3 is 0 Å². The fourth-order valence-corrected chi connectivity index (χ4v) is 3.88. The summed E-state index contributed by atoms with van der Waals surface area (Å²) >= 11 is 0. The predicted molar refractivity (Wildman–Crippen MR) is 111 cm³/mol. The molecule has 3 heterocycles. The molecule has 0 atom stereocenters. The quantitative estimate of drug-likeness (QED) is 0.671. The maximum atomic E-state index is 12.6. The normalized spacial score (nSPS) is 18.0. The van der Waals surface area contributed by atoms with Crippen molar-refractivity contribution in [2.75, 3.05) is 52.5 Å². The maximum Gasteiger partial charge on any atom is 0.257 e. The molecule has 0 saturated carbocycles. The largest absolute Gasteiger partial charge is 0.494 e.